The molecule has 0 saturated carbocycles. The fraction of sp³-hybridized carbons (Fsp3) is 0.333. The Morgan fingerprint density at radius 1 is 1.15 bits per heavy atom. The molecule has 0 aromatic heterocycles. The van der Waals surface area contributed by atoms with E-state index < -0.39 is 0 Å². The summed E-state index contributed by atoms with van der Waals surface area (Å²) in [4.78, 5) is 0. The predicted molar refractivity (Wildman–Crippen MR) is 59.9 cm³/mol. The molecular formula is C9H10Br2O2. The smallest absolute Gasteiger partial charge is 0.133 e. The van der Waals surface area contributed by atoms with Crippen molar-refractivity contribution >= 4 is 31.9 Å². The number of rotatable bonds is 3. The molecule has 0 N–H and O–H groups in total. The monoisotopic (exact) mass is 308 g/mol. The van der Waals surface area contributed by atoms with Crippen LogP contribution >= 0.6 is 31.9 Å². The zero-order chi connectivity index (χ0) is 9.84. The molecule has 0 spiro atoms. The molecule has 0 amide bonds. The van der Waals surface area contributed by atoms with E-state index in [1.54, 1.807) is 14.2 Å². The van der Waals surface area contributed by atoms with Crippen LogP contribution in [0.4, 0.5) is 0 Å². The molecule has 0 radical (unpaired) electrons. The normalized spacial score (nSPS) is 9.85. The predicted octanol–water partition coefficient (Wildman–Crippen LogP) is 3.36. The summed E-state index contributed by atoms with van der Waals surface area (Å²) >= 11 is 6.86. The van der Waals surface area contributed by atoms with Gasteiger partial charge in [-0.15, -0.1) is 0 Å². The fourth-order valence-corrected chi connectivity index (χ4v) is 2.62. The van der Waals surface area contributed by atoms with Crippen LogP contribution < -0.4 is 9.47 Å². The third-order valence-electron chi connectivity index (χ3n) is 1.74. The third kappa shape index (κ3) is 2.17. The van der Waals surface area contributed by atoms with E-state index in [-0.39, 0.29) is 0 Å². The van der Waals surface area contributed by atoms with Crippen LogP contribution in [-0.2, 0) is 5.33 Å². The molecular weight excluding hydrogens is 300 g/mol. The van der Waals surface area contributed by atoms with Gasteiger partial charge in [-0.05, 0) is 28.1 Å². The van der Waals surface area contributed by atoms with Crippen molar-refractivity contribution in [3.05, 3.63) is 22.2 Å². The van der Waals surface area contributed by atoms with Crippen LogP contribution in [0.5, 0.6) is 11.5 Å². The highest BCUT2D eigenvalue weighted by molar-refractivity contribution is 9.11. The van der Waals surface area contributed by atoms with Gasteiger partial charge in [-0.2, -0.15) is 0 Å². The Bertz CT molecular complexity index is 300. The minimum absolute atomic E-state index is 0.730. The van der Waals surface area contributed by atoms with Crippen LogP contribution in [0.25, 0.3) is 0 Å². The molecule has 0 aliphatic rings. The van der Waals surface area contributed by atoms with Crippen molar-refractivity contribution in [1.82, 2.24) is 0 Å². The highest BCUT2D eigenvalue weighted by Crippen LogP contribution is 2.36. The van der Waals surface area contributed by atoms with Crippen molar-refractivity contribution in [1.29, 1.82) is 0 Å². The van der Waals surface area contributed by atoms with Crippen LogP contribution in [0.1, 0.15) is 5.56 Å². The summed E-state index contributed by atoms with van der Waals surface area (Å²) in [7, 11) is 3.30. The summed E-state index contributed by atoms with van der Waals surface area (Å²) in [6.07, 6.45) is 0. The molecule has 1 aromatic carbocycles. The van der Waals surface area contributed by atoms with Crippen molar-refractivity contribution in [3.8, 4) is 11.5 Å². The molecule has 0 fully saturated rings. The average molecular weight is 310 g/mol. The highest BCUT2D eigenvalue weighted by Gasteiger charge is 2.10. The maximum absolute atomic E-state index is 5.20. The Morgan fingerprint density at radius 2 is 1.69 bits per heavy atom. The molecule has 13 heavy (non-hydrogen) atoms. The number of hydrogen-bond donors (Lipinski definition) is 0. The zero-order valence-electron chi connectivity index (χ0n) is 7.43. The summed E-state index contributed by atoms with van der Waals surface area (Å²) in [6.45, 7) is 0. The van der Waals surface area contributed by atoms with Gasteiger partial charge < -0.3 is 9.47 Å². The largest absolute Gasteiger partial charge is 0.496 e. The van der Waals surface area contributed by atoms with Gasteiger partial charge in [0.05, 0.1) is 18.7 Å². The first-order valence-electron chi connectivity index (χ1n) is 3.70. The number of hydrogen-bond acceptors (Lipinski definition) is 2. The molecule has 0 atom stereocenters. The summed E-state index contributed by atoms with van der Waals surface area (Å²) in [5.41, 5.74) is 1.06. The van der Waals surface area contributed by atoms with E-state index in [9.17, 15) is 0 Å². The minimum Gasteiger partial charge on any atom is -0.496 e. The molecule has 1 aromatic rings. The van der Waals surface area contributed by atoms with E-state index in [2.05, 4.69) is 31.9 Å². The average Bonchev–Trinajstić information content (AvgIpc) is 2.17. The Hall–Kier alpha value is -0.220. The van der Waals surface area contributed by atoms with Crippen molar-refractivity contribution < 1.29 is 9.47 Å². The van der Waals surface area contributed by atoms with Crippen molar-refractivity contribution in [2.24, 2.45) is 0 Å². The number of alkyl halides is 1. The lowest BCUT2D eigenvalue weighted by atomic mass is 10.2. The van der Waals surface area contributed by atoms with Gasteiger partial charge in [0.2, 0.25) is 0 Å². The number of methoxy groups -OCH3 is 2. The molecule has 0 unspecified atom stereocenters. The second kappa shape index (κ2) is 4.86. The van der Waals surface area contributed by atoms with Gasteiger partial charge in [-0.1, -0.05) is 15.9 Å². The van der Waals surface area contributed by atoms with Gasteiger partial charge in [0.1, 0.15) is 11.5 Å². The standard InChI is InChI=1S/C9H10Br2O2/c1-12-7-3-4-8(13-2)9(11)6(7)5-10/h3-4H,5H2,1-2H3. The molecule has 1 rings (SSSR count). The van der Waals surface area contributed by atoms with Gasteiger partial charge in [0.25, 0.3) is 0 Å². The number of ether oxygens (including phenoxy) is 2. The first kappa shape index (κ1) is 10.9. The molecule has 2 nitrogen and oxygen atoms in total. The van der Waals surface area contributed by atoms with Crippen molar-refractivity contribution in [3.63, 3.8) is 0 Å². The van der Waals surface area contributed by atoms with Gasteiger partial charge >= 0.3 is 0 Å². The van der Waals surface area contributed by atoms with E-state index in [0.717, 1.165) is 26.9 Å². The maximum atomic E-state index is 5.20. The topological polar surface area (TPSA) is 18.5 Å². The van der Waals surface area contributed by atoms with Gasteiger partial charge in [-0.25, -0.2) is 0 Å². The van der Waals surface area contributed by atoms with Gasteiger partial charge in [0, 0.05) is 10.9 Å². The SMILES string of the molecule is COc1ccc(OC)c(CBr)c1Br. The molecule has 72 valence electrons. The van der Waals surface area contributed by atoms with E-state index in [1.165, 1.54) is 0 Å². The lowest BCUT2D eigenvalue weighted by Crippen LogP contribution is -1.93. The molecule has 0 aliphatic carbocycles. The first-order valence-corrected chi connectivity index (χ1v) is 5.61. The zero-order valence-corrected chi connectivity index (χ0v) is 10.6. The number of halogens is 2. The highest BCUT2D eigenvalue weighted by atomic mass is 79.9. The van der Waals surface area contributed by atoms with Crippen LogP contribution in [0.2, 0.25) is 0 Å². The molecule has 0 aliphatic heterocycles. The summed E-state index contributed by atoms with van der Waals surface area (Å²) < 4.78 is 11.3. The van der Waals surface area contributed by atoms with Crippen LogP contribution in [-0.4, -0.2) is 14.2 Å². The Kier molecular flexibility index (Phi) is 4.06. The van der Waals surface area contributed by atoms with E-state index >= 15 is 0 Å². The van der Waals surface area contributed by atoms with E-state index in [0.29, 0.717) is 0 Å². The maximum Gasteiger partial charge on any atom is 0.133 e. The van der Waals surface area contributed by atoms with Crippen LogP contribution in [0, 0.1) is 0 Å². The Morgan fingerprint density at radius 3 is 2.15 bits per heavy atom. The quantitative estimate of drug-likeness (QED) is 0.797. The van der Waals surface area contributed by atoms with Crippen LogP contribution in [0.15, 0.2) is 16.6 Å². The third-order valence-corrected chi connectivity index (χ3v) is 3.17. The fourth-order valence-electron chi connectivity index (χ4n) is 1.06. The molecule has 0 bridgehead atoms. The number of benzene rings is 1. The van der Waals surface area contributed by atoms with Gasteiger partial charge in [0.15, 0.2) is 0 Å². The molecule has 0 heterocycles. The van der Waals surface area contributed by atoms with E-state index in [1.807, 2.05) is 12.1 Å². The van der Waals surface area contributed by atoms with Crippen molar-refractivity contribution in [2.75, 3.05) is 14.2 Å². The van der Waals surface area contributed by atoms with Crippen LogP contribution in [0.3, 0.4) is 0 Å². The molecule has 4 heteroatoms. The minimum atomic E-state index is 0.730. The Labute approximate surface area is 94.5 Å². The Balaban J connectivity index is 3.23. The lowest BCUT2D eigenvalue weighted by Gasteiger charge is -2.11. The summed E-state index contributed by atoms with van der Waals surface area (Å²) in [6, 6.07) is 3.76. The summed E-state index contributed by atoms with van der Waals surface area (Å²) in [5, 5.41) is 0.730. The second-order valence-corrected chi connectivity index (χ2v) is 3.75. The van der Waals surface area contributed by atoms with Crippen molar-refractivity contribution in [2.45, 2.75) is 5.33 Å². The first-order chi connectivity index (χ1) is 6.24. The van der Waals surface area contributed by atoms with E-state index in [4.69, 9.17) is 9.47 Å². The second-order valence-electron chi connectivity index (χ2n) is 2.40. The van der Waals surface area contributed by atoms with Gasteiger partial charge in [-0.3, -0.25) is 0 Å². The molecule has 0 saturated heterocycles. The lowest BCUT2D eigenvalue weighted by molar-refractivity contribution is 0.398. The summed E-state index contributed by atoms with van der Waals surface area (Å²) in [5.74, 6) is 1.67.